The predicted octanol–water partition coefficient (Wildman–Crippen LogP) is 1.12. The normalized spacial score (nSPS) is 10.8. The topological polar surface area (TPSA) is 98.8 Å². The van der Waals surface area contributed by atoms with Gasteiger partial charge < -0.3 is 15.1 Å². The van der Waals surface area contributed by atoms with Crippen molar-refractivity contribution in [3.8, 4) is 17.3 Å². The molecule has 0 aliphatic rings. The molecule has 100 valence electrons. The maximum atomic E-state index is 13.3. The molecule has 0 spiro atoms. The first-order valence-corrected chi connectivity index (χ1v) is 5.67. The predicted molar refractivity (Wildman–Crippen MR) is 70.0 cm³/mol. The summed E-state index contributed by atoms with van der Waals surface area (Å²) in [6, 6.07) is 6.36. The van der Waals surface area contributed by atoms with E-state index in [0.717, 1.165) is 12.1 Å². The summed E-state index contributed by atoms with van der Waals surface area (Å²) < 4.78 is 13.3. The van der Waals surface area contributed by atoms with Crippen molar-refractivity contribution in [1.29, 1.82) is 0 Å². The van der Waals surface area contributed by atoms with Crippen LogP contribution in [0.3, 0.4) is 0 Å². The Morgan fingerprint density at radius 1 is 1.15 bits per heavy atom. The smallest absolute Gasteiger partial charge is 0.259 e. The van der Waals surface area contributed by atoms with E-state index in [4.69, 9.17) is 0 Å². The van der Waals surface area contributed by atoms with Gasteiger partial charge in [-0.05, 0) is 12.1 Å². The Labute approximate surface area is 110 Å². The zero-order valence-corrected chi connectivity index (χ0v) is 9.98. The molecule has 3 rings (SSSR count). The Bertz CT molecular complexity index is 930. The van der Waals surface area contributed by atoms with Crippen LogP contribution < -0.4 is 11.1 Å². The Kier molecular flexibility index (Phi) is 2.60. The van der Waals surface area contributed by atoms with Crippen molar-refractivity contribution >= 4 is 10.9 Å². The molecule has 1 aromatic carbocycles. The molecule has 0 unspecified atom stereocenters. The molecule has 2 aromatic heterocycles. The number of H-pyrrole nitrogens is 2. The molecule has 0 radical (unpaired) electrons. The lowest BCUT2D eigenvalue weighted by Crippen LogP contribution is -2.12. The summed E-state index contributed by atoms with van der Waals surface area (Å²) in [6.45, 7) is 0. The van der Waals surface area contributed by atoms with Gasteiger partial charge in [0.25, 0.3) is 5.56 Å². The van der Waals surface area contributed by atoms with Crippen molar-refractivity contribution in [2.45, 2.75) is 0 Å². The molecule has 0 saturated heterocycles. The number of benzene rings is 1. The van der Waals surface area contributed by atoms with E-state index in [9.17, 15) is 19.1 Å². The summed E-state index contributed by atoms with van der Waals surface area (Å²) >= 11 is 0. The first-order valence-electron chi connectivity index (χ1n) is 5.67. The molecule has 3 N–H and O–H groups in total. The third-order valence-electron chi connectivity index (χ3n) is 2.80. The lowest BCUT2D eigenvalue weighted by Gasteiger charge is -2.04. The first kappa shape index (κ1) is 12.1. The first-order chi connectivity index (χ1) is 9.54. The van der Waals surface area contributed by atoms with Crippen molar-refractivity contribution < 1.29 is 9.50 Å². The van der Waals surface area contributed by atoms with Gasteiger partial charge in [0, 0.05) is 12.1 Å². The van der Waals surface area contributed by atoms with Crippen molar-refractivity contribution in [1.82, 2.24) is 15.0 Å². The quantitative estimate of drug-likeness (QED) is 0.618. The second-order valence-electron chi connectivity index (χ2n) is 4.16. The molecule has 20 heavy (non-hydrogen) atoms. The van der Waals surface area contributed by atoms with E-state index in [1.54, 1.807) is 6.07 Å². The molecule has 6 nitrogen and oxygen atoms in total. The van der Waals surface area contributed by atoms with Gasteiger partial charge in [-0.3, -0.25) is 9.59 Å². The van der Waals surface area contributed by atoms with Gasteiger partial charge in [-0.1, -0.05) is 6.07 Å². The number of hydrogen-bond donors (Lipinski definition) is 3. The van der Waals surface area contributed by atoms with Crippen LogP contribution in [-0.2, 0) is 0 Å². The average Bonchev–Trinajstić information content (AvgIpc) is 2.41. The lowest BCUT2D eigenvalue weighted by molar-refractivity contribution is 0.433. The van der Waals surface area contributed by atoms with Gasteiger partial charge in [0.1, 0.15) is 0 Å². The van der Waals surface area contributed by atoms with Gasteiger partial charge in [-0.2, -0.15) is 0 Å². The van der Waals surface area contributed by atoms with E-state index in [2.05, 4.69) is 15.0 Å². The van der Waals surface area contributed by atoms with Crippen molar-refractivity contribution in [2.75, 3.05) is 0 Å². The number of aromatic nitrogens is 3. The number of aromatic amines is 2. The van der Waals surface area contributed by atoms with Crippen LogP contribution in [0.15, 0.2) is 39.9 Å². The number of aromatic hydroxyl groups is 1. The van der Waals surface area contributed by atoms with Crippen molar-refractivity contribution in [3.63, 3.8) is 0 Å². The Hall–Kier alpha value is -2.96. The maximum Gasteiger partial charge on any atom is 0.259 e. The van der Waals surface area contributed by atoms with E-state index in [-0.39, 0.29) is 22.3 Å². The van der Waals surface area contributed by atoms with Crippen LogP contribution in [0.5, 0.6) is 5.75 Å². The zero-order chi connectivity index (χ0) is 14.3. The number of nitrogens with one attached hydrogen (secondary N) is 2. The summed E-state index contributed by atoms with van der Waals surface area (Å²) in [5.41, 5.74) is -0.485. The zero-order valence-electron chi connectivity index (χ0n) is 9.98. The molecule has 0 fully saturated rings. The van der Waals surface area contributed by atoms with E-state index in [0.29, 0.717) is 5.69 Å². The molecule has 0 aliphatic heterocycles. The molecule has 0 bridgehead atoms. The Balaban J connectivity index is 2.32. The van der Waals surface area contributed by atoms with Crippen molar-refractivity contribution in [3.05, 3.63) is 56.9 Å². The third kappa shape index (κ3) is 1.95. The van der Waals surface area contributed by atoms with Crippen LogP contribution in [-0.4, -0.2) is 20.1 Å². The van der Waals surface area contributed by atoms with E-state index in [1.165, 1.54) is 12.1 Å². The molecular weight excluding hydrogens is 265 g/mol. The van der Waals surface area contributed by atoms with Gasteiger partial charge in [0.05, 0.1) is 16.6 Å². The fourth-order valence-corrected chi connectivity index (χ4v) is 1.86. The summed E-state index contributed by atoms with van der Waals surface area (Å²) in [5.74, 6) is -1.38. The van der Waals surface area contributed by atoms with Crippen LogP contribution in [0.2, 0.25) is 0 Å². The number of hydrogen-bond acceptors (Lipinski definition) is 4. The minimum atomic E-state index is -0.872. The van der Waals surface area contributed by atoms with E-state index < -0.39 is 17.1 Å². The Morgan fingerprint density at radius 2 is 1.95 bits per heavy atom. The molecule has 7 heteroatoms. The molecular formula is C13H8FN3O3. The highest BCUT2D eigenvalue weighted by atomic mass is 19.1. The van der Waals surface area contributed by atoms with E-state index in [1.807, 2.05) is 0 Å². The van der Waals surface area contributed by atoms with Crippen LogP contribution in [0.1, 0.15) is 0 Å². The van der Waals surface area contributed by atoms with Crippen LogP contribution in [0, 0.1) is 5.82 Å². The number of pyridine rings is 1. The molecule has 0 aliphatic carbocycles. The summed E-state index contributed by atoms with van der Waals surface area (Å²) in [4.78, 5) is 32.2. The second-order valence-corrected chi connectivity index (χ2v) is 4.16. The van der Waals surface area contributed by atoms with Gasteiger partial charge in [0.15, 0.2) is 17.4 Å². The molecule has 0 amide bonds. The van der Waals surface area contributed by atoms with Gasteiger partial charge in [-0.15, -0.1) is 0 Å². The summed E-state index contributed by atoms with van der Waals surface area (Å²) in [7, 11) is 0. The number of phenolic OH excluding ortho intramolecular Hbond substituents is 1. The number of phenols is 1. The molecule has 0 atom stereocenters. The number of rotatable bonds is 1. The number of nitrogens with zero attached hydrogens (tertiary/aromatic N) is 1. The fourth-order valence-electron chi connectivity index (χ4n) is 1.86. The SMILES string of the molecule is O=c1cccc(-c2nc3cc(F)c(O)cc3c(=O)[nH]2)[nH]1. The van der Waals surface area contributed by atoms with Crippen LogP contribution >= 0.6 is 0 Å². The minimum Gasteiger partial charge on any atom is -0.505 e. The number of fused-ring (bicyclic) bond motifs is 1. The lowest BCUT2D eigenvalue weighted by atomic mass is 10.2. The van der Waals surface area contributed by atoms with Crippen LogP contribution in [0.4, 0.5) is 4.39 Å². The number of halogens is 1. The summed E-state index contributed by atoms with van der Waals surface area (Å²) in [5, 5.41) is 9.32. The summed E-state index contributed by atoms with van der Waals surface area (Å²) in [6.07, 6.45) is 0. The van der Waals surface area contributed by atoms with E-state index >= 15 is 0 Å². The average molecular weight is 273 g/mol. The fraction of sp³-hybridized carbons (Fsp3) is 0. The standard InChI is InChI=1S/C13H8FN3O3/c14-7-5-9-6(4-10(7)18)13(20)17-12(16-9)8-2-1-3-11(19)15-8/h1-5,18H,(H,15,19)(H,16,17,20). The second kappa shape index (κ2) is 4.30. The van der Waals surface area contributed by atoms with Crippen molar-refractivity contribution in [2.24, 2.45) is 0 Å². The monoisotopic (exact) mass is 273 g/mol. The van der Waals surface area contributed by atoms with Crippen LogP contribution in [0.25, 0.3) is 22.4 Å². The largest absolute Gasteiger partial charge is 0.505 e. The third-order valence-corrected chi connectivity index (χ3v) is 2.80. The van der Waals surface area contributed by atoms with Gasteiger partial charge >= 0.3 is 0 Å². The molecule has 3 aromatic rings. The van der Waals surface area contributed by atoms with Gasteiger partial charge in [-0.25, -0.2) is 9.37 Å². The molecule has 0 saturated carbocycles. The Morgan fingerprint density at radius 3 is 2.70 bits per heavy atom. The highest BCUT2D eigenvalue weighted by Crippen LogP contribution is 2.21. The minimum absolute atomic E-state index is 0.0610. The highest BCUT2D eigenvalue weighted by Gasteiger charge is 2.10. The highest BCUT2D eigenvalue weighted by molar-refractivity contribution is 5.80. The maximum absolute atomic E-state index is 13.3. The van der Waals surface area contributed by atoms with Gasteiger partial charge in [0.2, 0.25) is 5.56 Å². The molecule has 2 heterocycles.